The molecule has 0 N–H and O–H groups in total. The van der Waals surface area contributed by atoms with Crippen LogP contribution in [0.1, 0.15) is 18.4 Å². The second kappa shape index (κ2) is 4.80. The van der Waals surface area contributed by atoms with Crippen LogP contribution in [0, 0.1) is 10.1 Å². The third-order valence-electron chi connectivity index (χ3n) is 3.16. The van der Waals surface area contributed by atoms with E-state index in [9.17, 15) is 10.1 Å². The van der Waals surface area contributed by atoms with Crippen molar-refractivity contribution in [2.24, 2.45) is 0 Å². The second-order valence-corrected chi connectivity index (χ2v) is 4.63. The first-order valence-electron chi connectivity index (χ1n) is 6.18. The van der Waals surface area contributed by atoms with Crippen LogP contribution in [0.4, 0.5) is 5.69 Å². The molecule has 1 aliphatic rings. The van der Waals surface area contributed by atoms with Gasteiger partial charge in [0, 0.05) is 29.7 Å². The van der Waals surface area contributed by atoms with Crippen LogP contribution in [-0.2, 0) is 0 Å². The molecular formula is C14H12N2O4. The van der Waals surface area contributed by atoms with Gasteiger partial charge < -0.3 is 9.47 Å². The van der Waals surface area contributed by atoms with Gasteiger partial charge in [-0.3, -0.25) is 10.1 Å². The summed E-state index contributed by atoms with van der Waals surface area (Å²) in [4.78, 5) is 13.9. The number of rotatable bonds is 3. The first kappa shape index (κ1) is 12.4. The Labute approximate surface area is 115 Å². The van der Waals surface area contributed by atoms with E-state index in [1.165, 1.54) is 18.3 Å². The predicted octanol–water partition coefficient (Wildman–Crippen LogP) is 3.28. The summed E-state index contributed by atoms with van der Waals surface area (Å²) in [5, 5.41) is 10.5. The normalized spacial score (nSPS) is 16.4. The summed E-state index contributed by atoms with van der Waals surface area (Å²) in [6.45, 7) is 2.78. The Morgan fingerprint density at radius 3 is 2.95 bits per heavy atom. The largest absolute Gasteiger partial charge is 0.493 e. The van der Waals surface area contributed by atoms with Crippen LogP contribution < -0.4 is 9.47 Å². The third kappa shape index (κ3) is 2.27. The quantitative estimate of drug-likeness (QED) is 0.633. The Morgan fingerprint density at radius 1 is 1.40 bits per heavy atom. The summed E-state index contributed by atoms with van der Waals surface area (Å²) in [5.41, 5.74) is 1.09. The topological polar surface area (TPSA) is 74.5 Å². The van der Waals surface area contributed by atoms with E-state index in [-0.39, 0.29) is 5.69 Å². The van der Waals surface area contributed by atoms with Gasteiger partial charge >= 0.3 is 0 Å². The number of nitrogens with zero attached hydrogens (tertiary/aromatic N) is 2. The molecule has 6 nitrogen and oxygen atoms in total. The minimum absolute atomic E-state index is 0.0662. The van der Waals surface area contributed by atoms with Crippen LogP contribution in [-0.4, -0.2) is 16.5 Å². The van der Waals surface area contributed by atoms with E-state index in [0.717, 1.165) is 11.3 Å². The van der Waals surface area contributed by atoms with Crippen LogP contribution in [0.15, 0.2) is 36.5 Å². The van der Waals surface area contributed by atoms with Gasteiger partial charge in [-0.15, -0.1) is 0 Å². The molecule has 0 aliphatic carbocycles. The third-order valence-corrected chi connectivity index (χ3v) is 3.16. The molecule has 3 rings (SSSR count). The van der Waals surface area contributed by atoms with Gasteiger partial charge in [-0.25, -0.2) is 4.98 Å². The number of hydrogen-bond donors (Lipinski definition) is 0. The van der Waals surface area contributed by atoms with Gasteiger partial charge in [0.25, 0.3) is 5.69 Å². The van der Waals surface area contributed by atoms with Crippen molar-refractivity contribution < 1.29 is 14.4 Å². The molecule has 0 fully saturated rings. The zero-order valence-electron chi connectivity index (χ0n) is 10.8. The Kier molecular flexibility index (Phi) is 2.98. The smallest absolute Gasteiger partial charge is 0.287 e. The van der Waals surface area contributed by atoms with E-state index in [1.54, 1.807) is 0 Å². The molecule has 1 aromatic carbocycles. The molecule has 20 heavy (non-hydrogen) atoms. The van der Waals surface area contributed by atoms with Gasteiger partial charge in [-0.1, -0.05) is 13.0 Å². The highest BCUT2D eigenvalue weighted by Gasteiger charge is 2.20. The molecule has 1 aromatic heterocycles. The van der Waals surface area contributed by atoms with Crippen molar-refractivity contribution in [3.05, 3.63) is 52.2 Å². The molecule has 1 unspecified atom stereocenters. The zero-order chi connectivity index (χ0) is 14.1. The van der Waals surface area contributed by atoms with Crippen molar-refractivity contribution in [1.82, 2.24) is 4.98 Å². The minimum Gasteiger partial charge on any atom is -0.493 e. The first-order chi connectivity index (χ1) is 9.63. The maximum atomic E-state index is 10.5. The lowest BCUT2D eigenvalue weighted by Gasteiger charge is -2.06. The van der Waals surface area contributed by atoms with Crippen molar-refractivity contribution in [3.63, 3.8) is 0 Å². The van der Waals surface area contributed by atoms with E-state index < -0.39 is 4.92 Å². The Balaban J connectivity index is 1.79. The Hall–Kier alpha value is -2.63. The molecule has 0 saturated heterocycles. The van der Waals surface area contributed by atoms with Crippen LogP contribution in [0.5, 0.6) is 17.4 Å². The van der Waals surface area contributed by atoms with E-state index in [4.69, 9.17) is 9.47 Å². The van der Waals surface area contributed by atoms with Crippen molar-refractivity contribution in [2.75, 3.05) is 6.61 Å². The predicted molar refractivity (Wildman–Crippen MR) is 71.3 cm³/mol. The van der Waals surface area contributed by atoms with E-state index in [2.05, 4.69) is 11.9 Å². The van der Waals surface area contributed by atoms with Crippen LogP contribution in [0.2, 0.25) is 0 Å². The highest BCUT2D eigenvalue weighted by molar-refractivity contribution is 5.46. The monoisotopic (exact) mass is 272 g/mol. The lowest BCUT2D eigenvalue weighted by molar-refractivity contribution is -0.385. The van der Waals surface area contributed by atoms with Gasteiger partial charge in [0.2, 0.25) is 5.88 Å². The molecular weight excluding hydrogens is 260 g/mol. The molecule has 6 heteroatoms. The number of nitro groups is 1. The van der Waals surface area contributed by atoms with Gasteiger partial charge in [0.05, 0.1) is 11.5 Å². The molecule has 2 aromatic rings. The molecule has 102 valence electrons. The second-order valence-electron chi connectivity index (χ2n) is 4.63. The molecule has 0 radical (unpaired) electrons. The number of pyridine rings is 1. The van der Waals surface area contributed by atoms with Crippen LogP contribution in [0.25, 0.3) is 0 Å². The maximum Gasteiger partial charge on any atom is 0.287 e. The number of hydrogen-bond acceptors (Lipinski definition) is 5. The maximum absolute atomic E-state index is 10.5. The summed E-state index contributed by atoms with van der Waals surface area (Å²) in [5.74, 6) is 2.11. The summed E-state index contributed by atoms with van der Waals surface area (Å²) in [6, 6.07) is 8.44. The lowest BCUT2D eigenvalue weighted by atomic mass is 10.0. The SMILES string of the molecule is CC1COc2cc(Oc3ccc([N+](=O)[O-])cn3)ccc21. The summed E-state index contributed by atoms with van der Waals surface area (Å²) in [6.07, 6.45) is 1.17. The minimum atomic E-state index is -0.499. The lowest BCUT2D eigenvalue weighted by Crippen LogP contribution is -1.93. The van der Waals surface area contributed by atoms with Crippen LogP contribution >= 0.6 is 0 Å². The summed E-state index contributed by atoms with van der Waals surface area (Å²) >= 11 is 0. The molecule has 0 spiro atoms. The van der Waals surface area contributed by atoms with E-state index in [1.807, 2.05) is 18.2 Å². The van der Waals surface area contributed by atoms with Crippen molar-refractivity contribution in [2.45, 2.75) is 12.8 Å². The average Bonchev–Trinajstić information content (AvgIpc) is 2.81. The highest BCUT2D eigenvalue weighted by atomic mass is 16.6. The fraction of sp³-hybridized carbons (Fsp3) is 0.214. The fourth-order valence-corrected chi connectivity index (χ4v) is 2.08. The number of benzene rings is 1. The Bertz CT molecular complexity index is 655. The van der Waals surface area contributed by atoms with Crippen molar-refractivity contribution in [1.29, 1.82) is 0 Å². The molecule has 0 bridgehead atoms. The Morgan fingerprint density at radius 2 is 2.25 bits per heavy atom. The van der Waals surface area contributed by atoms with Crippen molar-refractivity contribution in [3.8, 4) is 17.4 Å². The van der Waals surface area contributed by atoms with Gasteiger partial charge in [-0.05, 0) is 6.07 Å². The van der Waals surface area contributed by atoms with Crippen LogP contribution in [0.3, 0.4) is 0 Å². The van der Waals surface area contributed by atoms with Gasteiger partial charge in [0.1, 0.15) is 17.7 Å². The van der Waals surface area contributed by atoms with Gasteiger partial charge in [-0.2, -0.15) is 0 Å². The molecule has 2 heterocycles. The van der Waals surface area contributed by atoms with E-state index >= 15 is 0 Å². The fourth-order valence-electron chi connectivity index (χ4n) is 2.08. The first-order valence-corrected chi connectivity index (χ1v) is 6.18. The number of fused-ring (bicyclic) bond motifs is 1. The summed E-state index contributed by atoms with van der Waals surface area (Å²) < 4.78 is 11.1. The molecule has 0 saturated carbocycles. The number of aromatic nitrogens is 1. The number of ether oxygens (including phenoxy) is 2. The summed E-state index contributed by atoms with van der Waals surface area (Å²) in [7, 11) is 0. The zero-order valence-corrected chi connectivity index (χ0v) is 10.8. The molecule has 1 atom stereocenters. The average molecular weight is 272 g/mol. The van der Waals surface area contributed by atoms with Crippen molar-refractivity contribution >= 4 is 5.69 Å². The van der Waals surface area contributed by atoms with Gasteiger partial charge in [0.15, 0.2) is 0 Å². The molecule has 0 amide bonds. The van der Waals surface area contributed by atoms with E-state index in [0.29, 0.717) is 24.2 Å². The molecule has 1 aliphatic heterocycles. The highest BCUT2D eigenvalue weighted by Crippen LogP contribution is 2.37. The standard InChI is InChI=1S/C14H12N2O4/c1-9-8-19-13-6-11(3-4-12(9)13)20-14-5-2-10(7-15-14)16(17)18/h2-7,9H,8H2,1H3.